The lowest BCUT2D eigenvalue weighted by atomic mass is 10.2. The van der Waals surface area contributed by atoms with Crippen LogP contribution in [0, 0.1) is 0 Å². The summed E-state index contributed by atoms with van der Waals surface area (Å²) >= 11 is 0. The summed E-state index contributed by atoms with van der Waals surface area (Å²) in [7, 11) is 1.60. The number of hydrogen-bond donors (Lipinski definition) is 2. The molecule has 0 radical (unpaired) electrons. The number of benzene rings is 1. The summed E-state index contributed by atoms with van der Waals surface area (Å²) in [6, 6.07) is 12.4. The molecule has 6 nitrogen and oxygen atoms in total. The summed E-state index contributed by atoms with van der Waals surface area (Å²) < 4.78 is 5.08. The first-order valence-corrected chi connectivity index (χ1v) is 8.38. The van der Waals surface area contributed by atoms with Crippen LogP contribution < -0.4 is 15.4 Å². The highest BCUT2D eigenvalue weighted by molar-refractivity contribution is 5.95. The molecule has 0 saturated carbocycles. The molecule has 1 atom stereocenters. The maximum atomic E-state index is 12.0. The zero-order chi connectivity index (χ0) is 18.8. The number of nitrogens with zero attached hydrogens (tertiary/aromatic N) is 1. The van der Waals surface area contributed by atoms with Gasteiger partial charge in [-0.1, -0.05) is 18.2 Å². The first-order valence-electron chi connectivity index (χ1n) is 8.38. The van der Waals surface area contributed by atoms with Gasteiger partial charge in [0, 0.05) is 30.9 Å². The minimum atomic E-state index is -0.619. The number of pyridine rings is 1. The van der Waals surface area contributed by atoms with Crippen LogP contribution in [0.2, 0.25) is 0 Å². The van der Waals surface area contributed by atoms with Crippen LogP contribution in [0.15, 0.2) is 54.7 Å². The molecule has 0 fully saturated rings. The fourth-order valence-electron chi connectivity index (χ4n) is 2.23. The van der Waals surface area contributed by atoms with E-state index in [-0.39, 0.29) is 11.8 Å². The van der Waals surface area contributed by atoms with Gasteiger partial charge in [-0.05, 0) is 42.8 Å². The molecule has 2 N–H and O–H groups in total. The molecule has 2 amide bonds. The number of carbonyl (C=O) groups excluding carboxylic acids is 2. The molecule has 0 saturated heterocycles. The van der Waals surface area contributed by atoms with Crippen LogP contribution in [0.4, 0.5) is 0 Å². The standard InChI is InChI=1S/C20H23N3O3/c1-15(20(25)22-14-12-17-5-3-4-13-21-17)23-19(24)11-8-16-6-9-18(26-2)10-7-16/h3-11,13,15H,12,14H2,1-2H3,(H,22,25)(H,23,24). The second-order valence-electron chi connectivity index (χ2n) is 5.70. The minimum Gasteiger partial charge on any atom is -0.497 e. The molecule has 1 aromatic heterocycles. The van der Waals surface area contributed by atoms with Gasteiger partial charge in [-0.25, -0.2) is 0 Å². The molecule has 0 aliphatic carbocycles. The number of methoxy groups -OCH3 is 1. The molecule has 1 heterocycles. The first kappa shape index (κ1) is 19.2. The number of amides is 2. The van der Waals surface area contributed by atoms with Crippen LogP contribution >= 0.6 is 0 Å². The summed E-state index contributed by atoms with van der Waals surface area (Å²) in [4.78, 5) is 28.2. The van der Waals surface area contributed by atoms with Crippen molar-refractivity contribution in [2.45, 2.75) is 19.4 Å². The Morgan fingerprint density at radius 3 is 2.62 bits per heavy atom. The molecule has 2 aromatic rings. The number of carbonyl (C=O) groups is 2. The van der Waals surface area contributed by atoms with Gasteiger partial charge in [0.25, 0.3) is 0 Å². The highest BCUT2D eigenvalue weighted by Crippen LogP contribution is 2.12. The number of rotatable bonds is 8. The normalized spacial score (nSPS) is 11.8. The predicted molar refractivity (Wildman–Crippen MR) is 101 cm³/mol. The second-order valence-corrected chi connectivity index (χ2v) is 5.70. The van der Waals surface area contributed by atoms with Gasteiger partial charge in [0.2, 0.25) is 11.8 Å². The van der Waals surface area contributed by atoms with E-state index >= 15 is 0 Å². The van der Waals surface area contributed by atoms with Gasteiger partial charge in [0.1, 0.15) is 11.8 Å². The maximum absolute atomic E-state index is 12.0. The monoisotopic (exact) mass is 353 g/mol. The lowest BCUT2D eigenvalue weighted by Gasteiger charge is -2.12. The molecule has 0 bridgehead atoms. The molecule has 0 spiro atoms. The van der Waals surface area contributed by atoms with Gasteiger partial charge in [0.15, 0.2) is 0 Å². The smallest absolute Gasteiger partial charge is 0.244 e. The van der Waals surface area contributed by atoms with Gasteiger partial charge >= 0.3 is 0 Å². The van der Waals surface area contributed by atoms with Crippen LogP contribution in [-0.2, 0) is 16.0 Å². The summed E-state index contributed by atoms with van der Waals surface area (Å²) in [5.74, 6) is 0.197. The molecule has 1 unspecified atom stereocenters. The average molecular weight is 353 g/mol. The third-order valence-corrected chi connectivity index (χ3v) is 3.70. The summed E-state index contributed by atoms with van der Waals surface area (Å²) in [6.45, 7) is 2.12. The third kappa shape index (κ3) is 6.39. The summed E-state index contributed by atoms with van der Waals surface area (Å²) in [5.41, 5.74) is 1.78. The van der Waals surface area contributed by atoms with E-state index in [1.165, 1.54) is 6.08 Å². The quantitative estimate of drug-likeness (QED) is 0.711. The van der Waals surface area contributed by atoms with E-state index in [1.807, 2.05) is 42.5 Å². The van der Waals surface area contributed by atoms with E-state index in [4.69, 9.17) is 4.74 Å². The fraction of sp³-hybridized carbons (Fsp3) is 0.250. The Hall–Kier alpha value is -3.15. The highest BCUT2D eigenvalue weighted by atomic mass is 16.5. The average Bonchev–Trinajstić information content (AvgIpc) is 2.67. The molecule has 1 aromatic carbocycles. The second kappa shape index (κ2) is 9.98. The Labute approximate surface area is 153 Å². The van der Waals surface area contributed by atoms with E-state index in [0.29, 0.717) is 13.0 Å². The Kier molecular flexibility index (Phi) is 7.36. The van der Waals surface area contributed by atoms with Gasteiger partial charge in [0.05, 0.1) is 7.11 Å². The van der Waals surface area contributed by atoms with Gasteiger partial charge in [-0.15, -0.1) is 0 Å². The number of aromatic nitrogens is 1. The van der Waals surface area contributed by atoms with Crippen molar-refractivity contribution in [1.82, 2.24) is 15.6 Å². The fourth-order valence-corrected chi connectivity index (χ4v) is 2.23. The first-order chi connectivity index (χ1) is 12.6. The number of hydrogen-bond acceptors (Lipinski definition) is 4. The number of ether oxygens (including phenoxy) is 1. The van der Waals surface area contributed by atoms with Crippen LogP contribution in [0.5, 0.6) is 5.75 Å². The molecule has 136 valence electrons. The lowest BCUT2D eigenvalue weighted by molar-refractivity contribution is -0.126. The Morgan fingerprint density at radius 2 is 1.96 bits per heavy atom. The van der Waals surface area contributed by atoms with Crippen LogP contribution in [-0.4, -0.2) is 36.5 Å². The van der Waals surface area contributed by atoms with Gasteiger partial charge in [-0.3, -0.25) is 14.6 Å². The lowest BCUT2D eigenvalue weighted by Crippen LogP contribution is -2.44. The topological polar surface area (TPSA) is 80.3 Å². The molecule has 2 rings (SSSR count). The Morgan fingerprint density at radius 1 is 1.19 bits per heavy atom. The van der Waals surface area contributed by atoms with E-state index in [0.717, 1.165) is 17.0 Å². The molecular weight excluding hydrogens is 330 g/mol. The Balaban J connectivity index is 1.74. The van der Waals surface area contributed by atoms with Crippen molar-refractivity contribution in [2.75, 3.05) is 13.7 Å². The highest BCUT2D eigenvalue weighted by Gasteiger charge is 2.13. The third-order valence-electron chi connectivity index (χ3n) is 3.70. The predicted octanol–water partition coefficient (Wildman–Crippen LogP) is 1.97. The van der Waals surface area contributed by atoms with Crippen molar-refractivity contribution in [3.05, 3.63) is 66.0 Å². The summed E-state index contributed by atoms with van der Waals surface area (Å²) in [6.07, 6.45) is 5.44. The molecule has 0 aliphatic rings. The van der Waals surface area contributed by atoms with Gasteiger partial charge < -0.3 is 15.4 Å². The van der Waals surface area contributed by atoms with Crippen molar-refractivity contribution in [3.8, 4) is 5.75 Å². The van der Waals surface area contributed by atoms with Crippen molar-refractivity contribution in [3.63, 3.8) is 0 Å². The molecular formula is C20H23N3O3. The molecule has 26 heavy (non-hydrogen) atoms. The minimum absolute atomic E-state index is 0.230. The van der Waals surface area contributed by atoms with Crippen molar-refractivity contribution >= 4 is 17.9 Å². The molecule has 6 heteroatoms. The SMILES string of the molecule is COc1ccc(C=CC(=O)NC(C)C(=O)NCCc2ccccn2)cc1. The zero-order valence-corrected chi connectivity index (χ0v) is 14.9. The maximum Gasteiger partial charge on any atom is 0.244 e. The van der Waals surface area contributed by atoms with Gasteiger partial charge in [-0.2, -0.15) is 0 Å². The van der Waals surface area contributed by atoms with Crippen molar-refractivity contribution in [1.29, 1.82) is 0 Å². The summed E-state index contributed by atoms with van der Waals surface area (Å²) in [5, 5.41) is 5.43. The van der Waals surface area contributed by atoms with E-state index < -0.39 is 6.04 Å². The van der Waals surface area contributed by atoms with Crippen LogP contribution in [0.25, 0.3) is 6.08 Å². The largest absolute Gasteiger partial charge is 0.497 e. The van der Waals surface area contributed by atoms with Crippen molar-refractivity contribution < 1.29 is 14.3 Å². The van der Waals surface area contributed by atoms with E-state index in [1.54, 1.807) is 26.3 Å². The zero-order valence-electron chi connectivity index (χ0n) is 14.9. The van der Waals surface area contributed by atoms with Crippen molar-refractivity contribution in [2.24, 2.45) is 0 Å². The van der Waals surface area contributed by atoms with E-state index in [9.17, 15) is 9.59 Å². The number of nitrogens with one attached hydrogen (secondary N) is 2. The van der Waals surface area contributed by atoms with Crippen LogP contribution in [0.1, 0.15) is 18.2 Å². The van der Waals surface area contributed by atoms with E-state index in [2.05, 4.69) is 15.6 Å². The van der Waals surface area contributed by atoms with Crippen LogP contribution in [0.3, 0.4) is 0 Å². The molecule has 0 aliphatic heterocycles. The Bertz CT molecular complexity index is 743.